The average Bonchev–Trinajstić information content (AvgIpc) is 3.20. The minimum absolute atomic E-state index is 0.0336. The van der Waals surface area contributed by atoms with Gasteiger partial charge in [-0.05, 0) is 85.9 Å². The molecule has 0 aromatic rings. The lowest BCUT2D eigenvalue weighted by Gasteiger charge is -2.58. The maximum atomic E-state index is 13.6. The zero-order valence-electron chi connectivity index (χ0n) is 21.6. The molecule has 5 aliphatic rings. The Bertz CT molecular complexity index is 849. The van der Waals surface area contributed by atoms with E-state index in [0.717, 1.165) is 43.9 Å². The fourth-order valence-corrected chi connectivity index (χ4v) is 9.20. The Morgan fingerprint density at radius 2 is 1.74 bits per heavy atom. The molecule has 0 aromatic heterocycles. The van der Waals surface area contributed by atoms with Gasteiger partial charge in [-0.1, -0.05) is 32.4 Å². The van der Waals surface area contributed by atoms with Crippen LogP contribution in [0.4, 0.5) is 4.79 Å². The molecule has 1 N–H and O–H groups in total. The molecule has 1 unspecified atom stereocenters. The largest absolute Gasteiger partial charge is 0.453 e. The zero-order chi connectivity index (χ0) is 24.3. The first-order valence-corrected chi connectivity index (χ1v) is 13.7. The van der Waals surface area contributed by atoms with Crippen molar-refractivity contribution in [1.82, 2.24) is 9.80 Å². The number of aliphatic hydroxyl groups is 1. The lowest BCUT2D eigenvalue weighted by atomic mass is 9.47. The second-order valence-corrected chi connectivity index (χ2v) is 12.5. The summed E-state index contributed by atoms with van der Waals surface area (Å²) in [5, 5.41) is 10.3. The Labute approximate surface area is 205 Å². The van der Waals surface area contributed by atoms with Gasteiger partial charge >= 0.3 is 6.09 Å². The predicted octanol–water partition coefficient (Wildman–Crippen LogP) is 4.47. The number of hydrogen-bond acceptors (Lipinski definition) is 4. The SMILES string of the molecule is COC(=O)N1CCN(C(=O)C(C)[C@H]2CC[C@H]3[C@@H]4CC=C5C[C@@H](O)CC[C@]5(C)[C@H]4CC[C@]23C)CC1. The lowest BCUT2D eigenvalue weighted by Crippen LogP contribution is -2.54. The van der Waals surface area contributed by atoms with E-state index in [0.29, 0.717) is 38.0 Å². The number of carbonyl (C=O) groups excluding carboxylic acids is 2. The first-order chi connectivity index (χ1) is 16.2. The van der Waals surface area contributed by atoms with Crippen LogP contribution in [0.5, 0.6) is 0 Å². The summed E-state index contributed by atoms with van der Waals surface area (Å²) in [6.07, 6.45) is 11.0. The number of nitrogens with zero attached hydrogens (tertiary/aromatic N) is 2. The van der Waals surface area contributed by atoms with Crippen LogP contribution in [0.15, 0.2) is 11.6 Å². The van der Waals surface area contributed by atoms with Gasteiger partial charge in [0, 0.05) is 32.1 Å². The molecule has 6 nitrogen and oxygen atoms in total. The molecule has 3 saturated carbocycles. The van der Waals surface area contributed by atoms with Crippen molar-refractivity contribution in [3.63, 3.8) is 0 Å². The van der Waals surface area contributed by atoms with Crippen molar-refractivity contribution in [2.75, 3.05) is 33.3 Å². The van der Waals surface area contributed by atoms with E-state index >= 15 is 0 Å². The zero-order valence-corrected chi connectivity index (χ0v) is 21.6. The topological polar surface area (TPSA) is 70.1 Å². The van der Waals surface area contributed by atoms with Gasteiger partial charge in [-0.25, -0.2) is 4.79 Å². The first kappa shape index (κ1) is 24.1. The predicted molar refractivity (Wildman–Crippen MR) is 131 cm³/mol. The van der Waals surface area contributed by atoms with E-state index in [1.807, 2.05) is 4.90 Å². The van der Waals surface area contributed by atoms with Crippen LogP contribution in [0, 0.1) is 40.4 Å². The molecule has 6 heteroatoms. The van der Waals surface area contributed by atoms with E-state index in [1.54, 1.807) is 4.90 Å². The number of aliphatic hydroxyl groups excluding tert-OH is 1. The molecule has 8 atom stereocenters. The number of ether oxygens (including phenoxy) is 1. The van der Waals surface area contributed by atoms with Gasteiger partial charge in [-0.15, -0.1) is 0 Å². The minimum Gasteiger partial charge on any atom is -0.453 e. The molecular weight excluding hydrogens is 428 g/mol. The minimum atomic E-state index is -0.297. The third kappa shape index (κ3) is 3.70. The van der Waals surface area contributed by atoms with Gasteiger partial charge in [0.25, 0.3) is 0 Å². The summed E-state index contributed by atoms with van der Waals surface area (Å²) in [4.78, 5) is 29.0. The average molecular weight is 473 g/mol. The van der Waals surface area contributed by atoms with E-state index < -0.39 is 0 Å². The maximum Gasteiger partial charge on any atom is 0.409 e. The van der Waals surface area contributed by atoms with E-state index in [4.69, 9.17) is 4.74 Å². The Morgan fingerprint density at radius 3 is 2.44 bits per heavy atom. The van der Waals surface area contributed by atoms with Crippen molar-refractivity contribution in [2.24, 2.45) is 40.4 Å². The van der Waals surface area contributed by atoms with Crippen LogP contribution in [0.25, 0.3) is 0 Å². The Balaban J connectivity index is 1.28. The second-order valence-electron chi connectivity index (χ2n) is 12.5. The van der Waals surface area contributed by atoms with Crippen LogP contribution < -0.4 is 0 Å². The standard InChI is InChI=1S/C28H44N2O4/c1-18(25(32)29-13-15-30(16-14-29)26(33)34-4)22-7-8-23-21-6-5-19-17-20(31)9-11-27(19,2)24(21)10-12-28(22,23)3/h5,18,20-24,31H,6-17H2,1-4H3/t18?,20-,21-,22+,23-,24-,27-,28+/m0/s1. The summed E-state index contributed by atoms with van der Waals surface area (Å²) in [5.41, 5.74) is 2.03. The first-order valence-electron chi connectivity index (χ1n) is 13.7. The Hall–Kier alpha value is -1.56. The fraction of sp³-hybridized carbons (Fsp3) is 0.857. The van der Waals surface area contributed by atoms with Crippen molar-refractivity contribution in [3.05, 3.63) is 11.6 Å². The van der Waals surface area contributed by atoms with Gasteiger partial charge in [-0.3, -0.25) is 4.79 Å². The van der Waals surface area contributed by atoms with E-state index in [-0.39, 0.29) is 34.9 Å². The third-order valence-corrected chi connectivity index (χ3v) is 11.2. The van der Waals surface area contributed by atoms with Crippen LogP contribution in [0.3, 0.4) is 0 Å². The Kier molecular flexibility index (Phi) is 6.27. The molecule has 0 radical (unpaired) electrons. The number of fused-ring (bicyclic) bond motifs is 5. The molecule has 4 aliphatic carbocycles. The molecule has 1 aliphatic heterocycles. The van der Waals surface area contributed by atoms with Crippen molar-refractivity contribution >= 4 is 12.0 Å². The van der Waals surface area contributed by atoms with E-state index in [9.17, 15) is 14.7 Å². The smallest absolute Gasteiger partial charge is 0.409 e. The summed E-state index contributed by atoms with van der Waals surface area (Å²) in [6, 6.07) is 0. The van der Waals surface area contributed by atoms with Gasteiger partial charge in [-0.2, -0.15) is 0 Å². The van der Waals surface area contributed by atoms with E-state index in [2.05, 4.69) is 26.8 Å². The number of amides is 2. The van der Waals surface area contributed by atoms with Gasteiger partial charge < -0.3 is 19.6 Å². The molecular formula is C28H44N2O4. The quantitative estimate of drug-likeness (QED) is 0.602. The fourth-order valence-electron chi connectivity index (χ4n) is 9.20. The summed E-state index contributed by atoms with van der Waals surface area (Å²) in [5.74, 6) is 2.90. The highest BCUT2D eigenvalue weighted by atomic mass is 16.5. The maximum absolute atomic E-state index is 13.6. The molecule has 4 fully saturated rings. The Morgan fingerprint density at radius 1 is 1.03 bits per heavy atom. The van der Waals surface area contributed by atoms with Crippen LogP contribution in [0.1, 0.15) is 72.1 Å². The summed E-state index contributed by atoms with van der Waals surface area (Å²) < 4.78 is 4.84. The van der Waals surface area contributed by atoms with Crippen LogP contribution in [-0.2, 0) is 9.53 Å². The van der Waals surface area contributed by atoms with Crippen molar-refractivity contribution in [1.29, 1.82) is 0 Å². The molecule has 0 bridgehead atoms. The summed E-state index contributed by atoms with van der Waals surface area (Å²) in [7, 11) is 1.41. The van der Waals surface area contributed by atoms with Gasteiger partial charge in [0.1, 0.15) is 0 Å². The van der Waals surface area contributed by atoms with Crippen LogP contribution in [-0.4, -0.2) is 66.3 Å². The molecule has 1 saturated heterocycles. The number of piperazine rings is 1. The lowest BCUT2D eigenvalue weighted by molar-refractivity contribution is -0.141. The molecule has 1 heterocycles. The van der Waals surface area contributed by atoms with Crippen LogP contribution >= 0.6 is 0 Å². The van der Waals surface area contributed by atoms with Gasteiger partial charge in [0.05, 0.1) is 13.2 Å². The normalized spacial score (nSPS) is 42.7. The monoisotopic (exact) mass is 472 g/mol. The highest BCUT2D eigenvalue weighted by molar-refractivity contribution is 5.79. The molecule has 0 spiro atoms. The number of methoxy groups -OCH3 is 1. The number of rotatable bonds is 2. The van der Waals surface area contributed by atoms with Crippen molar-refractivity contribution in [2.45, 2.75) is 78.2 Å². The summed E-state index contributed by atoms with van der Waals surface area (Å²) in [6.45, 7) is 9.47. The molecule has 0 aromatic carbocycles. The molecule has 190 valence electrons. The second kappa shape index (κ2) is 8.83. The summed E-state index contributed by atoms with van der Waals surface area (Å²) >= 11 is 0. The van der Waals surface area contributed by atoms with Crippen LogP contribution in [0.2, 0.25) is 0 Å². The van der Waals surface area contributed by atoms with Gasteiger partial charge in [0.2, 0.25) is 5.91 Å². The molecule has 2 amide bonds. The molecule has 34 heavy (non-hydrogen) atoms. The van der Waals surface area contributed by atoms with Crippen molar-refractivity contribution in [3.8, 4) is 0 Å². The van der Waals surface area contributed by atoms with Crippen molar-refractivity contribution < 1.29 is 19.4 Å². The van der Waals surface area contributed by atoms with E-state index in [1.165, 1.54) is 31.9 Å². The highest BCUT2D eigenvalue weighted by Gasteiger charge is 2.59. The number of hydrogen-bond donors (Lipinski definition) is 1. The van der Waals surface area contributed by atoms with Gasteiger partial charge in [0.15, 0.2) is 0 Å². The third-order valence-electron chi connectivity index (χ3n) is 11.2. The highest BCUT2D eigenvalue weighted by Crippen LogP contribution is 2.67. The molecule has 5 rings (SSSR count). The number of carbonyl (C=O) groups is 2. The number of allylic oxidation sites excluding steroid dienone is 1.